The topological polar surface area (TPSA) is 73.1 Å². The Kier molecular flexibility index (Phi) is 4.66. The van der Waals surface area contributed by atoms with Crippen LogP contribution in [-0.2, 0) is 21.8 Å². The number of nitrogens with two attached hydrogens (primary N) is 1. The number of aromatic nitrogens is 2. The third kappa shape index (κ3) is 2.89. The van der Waals surface area contributed by atoms with E-state index >= 15 is 0 Å². The summed E-state index contributed by atoms with van der Waals surface area (Å²) in [4.78, 5) is 9.60. The van der Waals surface area contributed by atoms with Crippen LogP contribution in [0, 0.1) is 0 Å². The van der Waals surface area contributed by atoms with Crippen LogP contribution in [0.25, 0.3) is 0 Å². The molecule has 3 rings (SSSR count). The van der Waals surface area contributed by atoms with Crippen LogP contribution < -0.4 is 11.3 Å². The van der Waals surface area contributed by atoms with Gasteiger partial charge in [-0.25, -0.2) is 15.8 Å². The molecule has 5 nitrogen and oxygen atoms in total. The summed E-state index contributed by atoms with van der Waals surface area (Å²) in [6.45, 7) is 2.75. The Bertz CT molecular complexity index is 501. The molecule has 1 aromatic rings. The molecule has 0 atom stereocenters. The Morgan fingerprint density at radius 3 is 2.62 bits per heavy atom. The molecule has 0 aromatic carbocycles. The van der Waals surface area contributed by atoms with Crippen LogP contribution in [-0.4, -0.2) is 16.6 Å². The first-order valence-corrected chi connectivity index (χ1v) is 9.03. The molecular formula is C15H24N4OS. The van der Waals surface area contributed by atoms with Crippen molar-refractivity contribution in [3.05, 3.63) is 17.1 Å². The molecule has 0 radical (unpaired) electrons. The van der Waals surface area contributed by atoms with E-state index in [1.54, 1.807) is 0 Å². The first-order valence-electron chi connectivity index (χ1n) is 7.87. The molecule has 6 heteroatoms. The highest BCUT2D eigenvalue weighted by atomic mass is 32.2. The summed E-state index contributed by atoms with van der Waals surface area (Å²) in [5, 5.41) is 0. The summed E-state index contributed by atoms with van der Waals surface area (Å²) >= 11 is 1.87. The van der Waals surface area contributed by atoms with Crippen LogP contribution in [0.3, 0.4) is 0 Å². The zero-order valence-electron chi connectivity index (χ0n) is 12.7. The van der Waals surface area contributed by atoms with E-state index in [1.807, 2.05) is 11.8 Å². The first-order chi connectivity index (χ1) is 10.3. The van der Waals surface area contributed by atoms with Crippen LogP contribution in [0.5, 0.6) is 0 Å². The quantitative estimate of drug-likeness (QED) is 0.506. The fraction of sp³-hybridized carbons (Fsp3) is 0.733. The van der Waals surface area contributed by atoms with E-state index in [0.717, 1.165) is 47.2 Å². The third-order valence-electron chi connectivity index (χ3n) is 4.45. The second-order valence-corrected chi connectivity index (χ2v) is 6.79. The second kappa shape index (κ2) is 6.50. The van der Waals surface area contributed by atoms with Gasteiger partial charge in [0, 0.05) is 23.7 Å². The second-order valence-electron chi connectivity index (χ2n) is 5.80. The molecular weight excluding hydrogens is 284 g/mol. The van der Waals surface area contributed by atoms with Gasteiger partial charge < -0.3 is 10.2 Å². The minimum atomic E-state index is -0.320. The highest BCUT2D eigenvalue weighted by molar-refractivity contribution is 7.98. The Hall–Kier alpha value is -0.850. The molecule has 2 aliphatic rings. The lowest BCUT2D eigenvalue weighted by Gasteiger charge is -2.31. The van der Waals surface area contributed by atoms with Crippen molar-refractivity contribution in [3.8, 4) is 0 Å². The molecule has 21 heavy (non-hydrogen) atoms. The predicted molar refractivity (Wildman–Crippen MR) is 85.8 cm³/mol. The number of rotatable bonds is 4. The number of nitrogen functional groups attached to an aromatic ring is 1. The van der Waals surface area contributed by atoms with Crippen LogP contribution >= 0.6 is 11.8 Å². The average Bonchev–Trinajstić information content (AvgIpc) is 2.85. The standard InChI is InChI=1S/C15H24N4OS/c1-2-20-15(7-5-3-4-6-8-15)14-17-12-10-21-9-11(12)13(18-14)19-16/h2-10,16H2,1H3,(H,17,18,19). The Labute approximate surface area is 130 Å². The summed E-state index contributed by atoms with van der Waals surface area (Å²) in [5.74, 6) is 9.18. The van der Waals surface area contributed by atoms with Gasteiger partial charge >= 0.3 is 0 Å². The van der Waals surface area contributed by atoms with Gasteiger partial charge in [-0.05, 0) is 19.8 Å². The van der Waals surface area contributed by atoms with Gasteiger partial charge in [0.05, 0.1) is 5.69 Å². The lowest BCUT2D eigenvalue weighted by atomic mass is 9.92. The molecule has 0 bridgehead atoms. The molecule has 0 saturated heterocycles. The summed E-state index contributed by atoms with van der Waals surface area (Å²) in [6, 6.07) is 0. The average molecular weight is 308 g/mol. The van der Waals surface area contributed by atoms with E-state index in [2.05, 4.69) is 12.3 Å². The Morgan fingerprint density at radius 1 is 1.19 bits per heavy atom. The van der Waals surface area contributed by atoms with Crippen LogP contribution in [0.1, 0.15) is 62.5 Å². The number of fused-ring (bicyclic) bond motifs is 1. The molecule has 116 valence electrons. The fourth-order valence-electron chi connectivity index (χ4n) is 3.38. The van der Waals surface area contributed by atoms with Crippen LogP contribution in [0.2, 0.25) is 0 Å². The summed E-state index contributed by atoms with van der Waals surface area (Å²) in [6.07, 6.45) is 6.93. The van der Waals surface area contributed by atoms with Crippen molar-refractivity contribution in [2.24, 2.45) is 5.84 Å². The zero-order chi connectivity index (χ0) is 14.7. The van der Waals surface area contributed by atoms with Gasteiger partial charge in [-0.3, -0.25) is 0 Å². The molecule has 1 fully saturated rings. The molecule has 3 N–H and O–H groups in total. The van der Waals surface area contributed by atoms with Gasteiger partial charge in [-0.2, -0.15) is 11.8 Å². The monoisotopic (exact) mass is 308 g/mol. The normalized spacial score (nSPS) is 20.9. The molecule has 2 heterocycles. The SMILES string of the molecule is CCOC1(c2nc3c(c(NN)n2)CSC3)CCCCCC1. The van der Waals surface area contributed by atoms with Gasteiger partial charge in [-0.15, -0.1) is 0 Å². The van der Waals surface area contributed by atoms with E-state index in [1.165, 1.54) is 25.7 Å². The van der Waals surface area contributed by atoms with E-state index in [-0.39, 0.29) is 5.60 Å². The lowest BCUT2D eigenvalue weighted by Crippen LogP contribution is -2.33. The predicted octanol–water partition coefficient (Wildman–Crippen LogP) is 3.10. The number of hydrogen-bond donors (Lipinski definition) is 2. The highest BCUT2D eigenvalue weighted by Crippen LogP contribution is 2.40. The minimum absolute atomic E-state index is 0.320. The molecule has 0 amide bonds. The molecule has 0 spiro atoms. The van der Waals surface area contributed by atoms with Crippen LogP contribution in [0.15, 0.2) is 0 Å². The number of nitrogens with one attached hydrogen (secondary N) is 1. The van der Waals surface area contributed by atoms with Crippen molar-refractivity contribution < 1.29 is 4.74 Å². The number of anilines is 1. The maximum absolute atomic E-state index is 6.20. The third-order valence-corrected chi connectivity index (χ3v) is 5.42. The smallest absolute Gasteiger partial charge is 0.162 e. The van der Waals surface area contributed by atoms with Crippen molar-refractivity contribution in [1.29, 1.82) is 0 Å². The maximum Gasteiger partial charge on any atom is 0.162 e. The largest absolute Gasteiger partial charge is 0.367 e. The highest BCUT2D eigenvalue weighted by Gasteiger charge is 2.38. The van der Waals surface area contributed by atoms with Gasteiger partial charge in [-0.1, -0.05) is 25.7 Å². The van der Waals surface area contributed by atoms with Crippen molar-refractivity contribution in [1.82, 2.24) is 9.97 Å². The Morgan fingerprint density at radius 2 is 1.95 bits per heavy atom. The Balaban J connectivity index is 2.02. The van der Waals surface area contributed by atoms with Crippen molar-refractivity contribution in [2.45, 2.75) is 62.6 Å². The van der Waals surface area contributed by atoms with Crippen LogP contribution in [0.4, 0.5) is 5.82 Å². The van der Waals surface area contributed by atoms with E-state index in [4.69, 9.17) is 20.5 Å². The first kappa shape index (κ1) is 15.1. The van der Waals surface area contributed by atoms with Crippen molar-refractivity contribution in [2.75, 3.05) is 12.0 Å². The van der Waals surface area contributed by atoms with Crippen molar-refractivity contribution in [3.63, 3.8) is 0 Å². The van der Waals surface area contributed by atoms with Gasteiger partial charge in [0.15, 0.2) is 5.82 Å². The van der Waals surface area contributed by atoms with Gasteiger partial charge in [0.1, 0.15) is 11.4 Å². The molecule has 0 unspecified atom stereocenters. The number of thioether (sulfide) groups is 1. The fourth-order valence-corrected chi connectivity index (χ4v) is 4.42. The number of nitrogens with zero attached hydrogens (tertiary/aromatic N) is 2. The zero-order valence-corrected chi connectivity index (χ0v) is 13.5. The summed E-state index contributed by atoms with van der Waals surface area (Å²) in [5.41, 5.74) is 4.73. The molecule has 1 aliphatic heterocycles. The van der Waals surface area contributed by atoms with E-state index in [0.29, 0.717) is 6.61 Å². The van der Waals surface area contributed by atoms with E-state index < -0.39 is 0 Å². The number of ether oxygens (including phenoxy) is 1. The number of hydrogen-bond acceptors (Lipinski definition) is 6. The van der Waals surface area contributed by atoms with E-state index in [9.17, 15) is 0 Å². The van der Waals surface area contributed by atoms with Gasteiger partial charge in [0.25, 0.3) is 0 Å². The summed E-state index contributed by atoms with van der Waals surface area (Å²) in [7, 11) is 0. The molecule has 1 aliphatic carbocycles. The lowest BCUT2D eigenvalue weighted by molar-refractivity contribution is -0.0624. The summed E-state index contributed by atoms with van der Waals surface area (Å²) < 4.78 is 6.20. The number of hydrazine groups is 1. The van der Waals surface area contributed by atoms with Gasteiger partial charge in [0.2, 0.25) is 0 Å². The molecule has 1 saturated carbocycles. The van der Waals surface area contributed by atoms with Crippen molar-refractivity contribution >= 4 is 17.6 Å². The molecule has 1 aromatic heterocycles. The minimum Gasteiger partial charge on any atom is -0.367 e. The maximum atomic E-state index is 6.20.